The normalized spacial score (nSPS) is 12.8. The van der Waals surface area contributed by atoms with Gasteiger partial charge < -0.3 is 76.8 Å². The lowest BCUT2D eigenvalue weighted by Gasteiger charge is -2.20. The fourth-order valence-corrected chi connectivity index (χ4v) is 6.81. The number of nitro groups is 2. The molecule has 0 saturated heterocycles. The summed E-state index contributed by atoms with van der Waals surface area (Å²) in [6, 6.07) is -0.858. The van der Waals surface area contributed by atoms with Crippen LogP contribution in [0.15, 0.2) is 42.6 Å². The van der Waals surface area contributed by atoms with Crippen LogP contribution in [-0.2, 0) is 46.7 Å². The summed E-state index contributed by atoms with van der Waals surface area (Å²) < 4.78 is 32.1. The quantitative estimate of drug-likeness (QED) is 0.0222. The van der Waals surface area contributed by atoms with E-state index in [2.05, 4.69) is 31.6 Å². The molecule has 33 heteroatoms. The first-order valence-corrected chi connectivity index (χ1v) is 23.4. The molecule has 0 aliphatic heterocycles. The minimum atomic E-state index is -1.60. The second-order valence-electron chi connectivity index (χ2n) is 16.6. The molecule has 0 bridgehead atoms. The SMILES string of the molecule is O=C(O)CC[C@H](NC(=O)N[C@@H](CCCCNc1cc(OCC(COc2ccc([N+](=O)[O-])c(NCCCC[C@@H](NC(=O)N[C@H](CCC(=O)O)C(=O)O)C(=O)O)c2)OCc2cn(CCF)nn2)ccc1[N+](=O)[O-])C(=O)O)C(=O)O. The summed E-state index contributed by atoms with van der Waals surface area (Å²) in [7, 11) is 0. The van der Waals surface area contributed by atoms with Crippen molar-refractivity contribution in [1.82, 2.24) is 36.3 Å². The number of benzene rings is 2. The van der Waals surface area contributed by atoms with Crippen molar-refractivity contribution in [2.24, 2.45) is 0 Å². The summed E-state index contributed by atoms with van der Waals surface area (Å²) in [6.07, 6.45) is -1.08. The number of amides is 4. The molecule has 0 fully saturated rings. The number of nitrogens with one attached hydrogen (secondary N) is 6. The second kappa shape index (κ2) is 32.2. The summed E-state index contributed by atoms with van der Waals surface area (Å²) in [5, 5.41) is 101. The Hall–Kier alpha value is -9.17. The number of nitro benzene ring substituents is 2. The minimum Gasteiger partial charge on any atom is -0.491 e. The van der Waals surface area contributed by atoms with Gasteiger partial charge in [-0.25, -0.2) is 37.8 Å². The van der Waals surface area contributed by atoms with Crippen LogP contribution in [0.5, 0.6) is 11.5 Å². The van der Waals surface area contributed by atoms with Crippen LogP contribution in [0.4, 0.5) is 36.7 Å². The zero-order valence-electron chi connectivity index (χ0n) is 40.9. The van der Waals surface area contributed by atoms with Gasteiger partial charge in [0.05, 0.1) is 29.2 Å². The number of ether oxygens (including phenoxy) is 3. The van der Waals surface area contributed by atoms with Crippen molar-refractivity contribution in [3.8, 4) is 11.5 Å². The molecule has 3 rings (SSSR count). The number of halogens is 1. The van der Waals surface area contributed by atoms with Crippen molar-refractivity contribution < 1.29 is 97.4 Å². The first-order chi connectivity index (χ1) is 36.6. The molecule has 0 radical (unpaired) electrons. The number of rotatable bonds is 39. The van der Waals surface area contributed by atoms with Crippen LogP contribution in [0, 0.1) is 20.2 Å². The third kappa shape index (κ3) is 23.3. The Kier molecular flexibility index (Phi) is 26.0. The topological polar surface area (TPSA) is 475 Å². The Labute approximate surface area is 434 Å². The van der Waals surface area contributed by atoms with Crippen molar-refractivity contribution in [1.29, 1.82) is 0 Å². The third-order valence-electron chi connectivity index (χ3n) is 10.7. The first-order valence-electron chi connectivity index (χ1n) is 23.4. The first kappa shape index (κ1) is 62.1. The van der Waals surface area contributed by atoms with Gasteiger partial charge in [0.1, 0.15) is 78.7 Å². The van der Waals surface area contributed by atoms with Gasteiger partial charge in [-0.2, -0.15) is 0 Å². The molecule has 3 aromatic rings. The molecule has 0 saturated carbocycles. The average Bonchev–Trinajstić information content (AvgIpc) is 3.82. The number of carbonyl (C=O) groups excluding carboxylic acids is 2. The molecule has 0 spiro atoms. The van der Waals surface area contributed by atoms with Gasteiger partial charge in [-0.1, -0.05) is 5.21 Å². The van der Waals surface area contributed by atoms with Crippen molar-refractivity contribution in [3.05, 3.63) is 68.5 Å². The fraction of sp³-hybridized carbons (Fsp3) is 0.500. The fourth-order valence-electron chi connectivity index (χ4n) is 6.81. The van der Waals surface area contributed by atoms with E-state index in [1.54, 1.807) is 0 Å². The lowest BCUT2D eigenvalue weighted by Crippen LogP contribution is -2.51. The van der Waals surface area contributed by atoms with Crippen LogP contribution in [-0.4, -0.2) is 167 Å². The number of anilines is 2. The molecule has 32 nitrogen and oxygen atoms in total. The predicted molar refractivity (Wildman–Crippen MR) is 259 cm³/mol. The second-order valence-corrected chi connectivity index (χ2v) is 16.6. The maximum Gasteiger partial charge on any atom is 0.326 e. The lowest BCUT2D eigenvalue weighted by molar-refractivity contribution is -0.384. The van der Waals surface area contributed by atoms with Crippen LogP contribution >= 0.6 is 0 Å². The highest BCUT2D eigenvalue weighted by atomic mass is 19.1. The van der Waals surface area contributed by atoms with Crippen molar-refractivity contribution in [2.75, 3.05) is 43.6 Å². The molecule has 422 valence electrons. The number of carboxylic acids is 6. The summed E-state index contributed by atoms with van der Waals surface area (Å²) in [5.41, 5.74) is -0.386. The molecule has 12 N–H and O–H groups in total. The lowest BCUT2D eigenvalue weighted by atomic mass is 10.1. The standard InChI is InChI=1S/C44H58FN11O21/c45-15-18-54-21-25(52-53-54)22-75-28(23-76-26-7-11-35(55(71)72)33(19-26)46-16-3-1-5-29(39(61)62)48-43(69)50-31(41(65)66)9-13-37(57)58)24-77-27-8-12-36(56(73)74)34(20-27)47-17-4-2-6-30(40(63)64)49-44(70)51-32(42(67)68)10-14-38(59)60/h7-8,11-12,19-21,28-32,46-47H,1-6,9-10,13-18,22-24H2,(H,57,58)(H,59,60)(H,61,62)(H,63,64)(H,65,66)(H,67,68)(H2,48,50,69)(H2,49,51,70)/t28?,29-,30+,31-,32+. The average molecular weight is 1100 g/mol. The number of aliphatic carboxylic acids is 6. The zero-order chi connectivity index (χ0) is 57.0. The Balaban J connectivity index is 1.65. The highest BCUT2D eigenvalue weighted by molar-refractivity contribution is 5.87. The Morgan fingerprint density at radius 3 is 1.38 bits per heavy atom. The summed E-state index contributed by atoms with van der Waals surface area (Å²) in [5.74, 6) is -8.32. The number of carboxylic acid groups (broad SMARTS) is 6. The Morgan fingerprint density at radius 1 is 0.610 bits per heavy atom. The Bertz CT molecular complexity index is 2390. The van der Waals surface area contributed by atoms with Gasteiger partial charge in [-0.05, 0) is 63.5 Å². The van der Waals surface area contributed by atoms with Gasteiger partial charge in [0.2, 0.25) is 0 Å². The number of carbonyl (C=O) groups is 8. The van der Waals surface area contributed by atoms with Crippen molar-refractivity contribution in [3.63, 3.8) is 0 Å². The molecule has 0 aliphatic carbocycles. The van der Waals surface area contributed by atoms with E-state index in [4.69, 9.17) is 24.4 Å². The van der Waals surface area contributed by atoms with Crippen LogP contribution in [0.3, 0.4) is 0 Å². The molecule has 4 amide bonds. The number of urea groups is 2. The van der Waals surface area contributed by atoms with E-state index >= 15 is 0 Å². The van der Waals surface area contributed by atoms with Crippen LogP contribution in [0.1, 0.15) is 69.9 Å². The summed E-state index contributed by atoms with van der Waals surface area (Å²) in [4.78, 5) is 115. The summed E-state index contributed by atoms with van der Waals surface area (Å²) >= 11 is 0. The Morgan fingerprint density at radius 2 is 1.01 bits per heavy atom. The van der Waals surface area contributed by atoms with Gasteiger partial charge in [-0.3, -0.25) is 29.8 Å². The van der Waals surface area contributed by atoms with E-state index < -0.39 is 120 Å². The molecular weight excluding hydrogens is 1040 g/mol. The van der Waals surface area contributed by atoms with Crippen LogP contribution < -0.4 is 41.4 Å². The van der Waals surface area contributed by atoms with Gasteiger partial charge in [0.15, 0.2) is 0 Å². The number of hydrogen-bond acceptors (Lipinski definition) is 19. The molecular formula is C44H58FN11O21. The largest absolute Gasteiger partial charge is 0.491 e. The minimum absolute atomic E-state index is 0.00753. The van der Waals surface area contributed by atoms with Gasteiger partial charge >= 0.3 is 47.9 Å². The molecule has 5 atom stereocenters. The molecule has 1 aromatic heterocycles. The highest BCUT2D eigenvalue weighted by Crippen LogP contribution is 2.31. The van der Waals surface area contributed by atoms with E-state index in [1.165, 1.54) is 35.1 Å². The van der Waals surface area contributed by atoms with Gasteiger partial charge in [0, 0.05) is 50.2 Å². The monoisotopic (exact) mass is 1100 g/mol. The van der Waals surface area contributed by atoms with Gasteiger partial charge in [-0.15, -0.1) is 5.10 Å². The smallest absolute Gasteiger partial charge is 0.326 e. The van der Waals surface area contributed by atoms with Gasteiger partial charge in [0.25, 0.3) is 11.4 Å². The number of hydrogen-bond donors (Lipinski definition) is 12. The number of unbranched alkanes of at least 4 members (excludes halogenated alkanes) is 2. The number of aromatic nitrogens is 3. The number of aryl methyl sites for hydroxylation is 1. The molecule has 1 unspecified atom stereocenters. The maximum atomic E-state index is 12.9. The van der Waals surface area contributed by atoms with Crippen LogP contribution in [0.2, 0.25) is 0 Å². The summed E-state index contributed by atoms with van der Waals surface area (Å²) in [6.45, 7) is -1.37. The predicted octanol–water partition coefficient (Wildman–Crippen LogP) is 2.41. The molecule has 0 aliphatic rings. The number of alkyl halides is 1. The van der Waals surface area contributed by atoms with Crippen molar-refractivity contribution in [2.45, 2.75) is 108 Å². The van der Waals surface area contributed by atoms with E-state index in [0.717, 1.165) is 12.1 Å². The molecule has 2 aromatic carbocycles. The zero-order valence-corrected chi connectivity index (χ0v) is 40.9. The van der Waals surface area contributed by atoms with E-state index in [0.29, 0.717) is 5.69 Å². The highest BCUT2D eigenvalue weighted by Gasteiger charge is 2.27. The maximum absolute atomic E-state index is 12.9. The third-order valence-corrected chi connectivity index (χ3v) is 10.7. The molecule has 1 heterocycles. The van der Waals surface area contributed by atoms with E-state index in [1.807, 2.05) is 10.6 Å². The van der Waals surface area contributed by atoms with E-state index in [9.17, 15) is 83.4 Å². The number of nitrogens with zero attached hydrogens (tertiary/aromatic N) is 5. The molecule has 77 heavy (non-hydrogen) atoms. The van der Waals surface area contributed by atoms with Crippen LogP contribution in [0.25, 0.3) is 0 Å². The van der Waals surface area contributed by atoms with Crippen molar-refractivity contribution >= 4 is 70.6 Å². The van der Waals surface area contributed by atoms with E-state index in [-0.39, 0.29) is 112 Å².